The van der Waals surface area contributed by atoms with Gasteiger partial charge in [-0.1, -0.05) is 0 Å². The van der Waals surface area contributed by atoms with Gasteiger partial charge in [-0.3, -0.25) is 9.79 Å². The lowest BCUT2D eigenvalue weighted by Gasteiger charge is -2.12. The van der Waals surface area contributed by atoms with Crippen molar-refractivity contribution in [2.45, 2.75) is 32.7 Å². The fourth-order valence-electron chi connectivity index (χ4n) is 1.23. The summed E-state index contributed by atoms with van der Waals surface area (Å²) in [6, 6.07) is -0.858. The second-order valence-corrected chi connectivity index (χ2v) is 3.53. The van der Waals surface area contributed by atoms with E-state index in [2.05, 4.69) is 15.6 Å². The minimum absolute atomic E-state index is 0.331. The predicted octanol–water partition coefficient (Wildman–Crippen LogP) is -0.720. The first-order valence-electron chi connectivity index (χ1n) is 5.51. The molecule has 1 amide bonds. The Hall–Kier alpha value is -1.79. The average molecular weight is 244 g/mol. The van der Waals surface area contributed by atoms with E-state index in [1.165, 1.54) is 6.92 Å². The Labute approximate surface area is 100 Å². The van der Waals surface area contributed by atoms with Crippen molar-refractivity contribution in [1.29, 1.82) is 0 Å². The molecule has 0 heterocycles. The van der Waals surface area contributed by atoms with Gasteiger partial charge in [-0.15, -0.1) is 0 Å². The molecule has 0 aliphatic carbocycles. The summed E-state index contributed by atoms with van der Waals surface area (Å²) in [5.41, 5.74) is 5.49. The zero-order valence-electron chi connectivity index (χ0n) is 10.2. The molecule has 0 unspecified atom stereocenters. The minimum Gasteiger partial charge on any atom is -0.480 e. The molecule has 0 spiro atoms. The first-order valence-corrected chi connectivity index (χ1v) is 5.51. The lowest BCUT2D eigenvalue weighted by Crippen LogP contribution is -2.39. The summed E-state index contributed by atoms with van der Waals surface area (Å²) in [7, 11) is 0. The molecular weight excluding hydrogens is 224 g/mol. The van der Waals surface area contributed by atoms with Crippen molar-refractivity contribution >= 4 is 17.8 Å². The van der Waals surface area contributed by atoms with Gasteiger partial charge in [-0.25, -0.2) is 4.79 Å². The number of nitrogens with two attached hydrogens (primary N) is 1. The number of carboxylic acid groups (broad SMARTS) is 1. The Kier molecular flexibility index (Phi) is 7.49. The van der Waals surface area contributed by atoms with Gasteiger partial charge in [0.15, 0.2) is 5.96 Å². The van der Waals surface area contributed by atoms with Crippen molar-refractivity contribution in [2.24, 2.45) is 10.7 Å². The van der Waals surface area contributed by atoms with Crippen molar-refractivity contribution in [2.75, 3.05) is 13.1 Å². The highest BCUT2D eigenvalue weighted by molar-refractivity contribution is 5.82. The number of nitrogens with zero attached hydrogens (tertiary/aromatic N) is 1. The standard InChI is InChI=1S/C10H20N4O3/c1-3-12-10(11)13-6-4-5-8(9(16)17)14-7(2)15/h8H,3-6H2,1-2H3,(H,14,15)(H,16,17)(H3,11,12,13)/t8-/m0/s1. The average Bonchev–Trinajstić information content (AvgIpc) is 2.22. The minimum atomic E-state index is -1.04. The number of aliphatic imine (C=N–C) groups is 1. The molecule has 0 aromatic rings. The molecule has 0 saturated carbocycles. The maximum atomic E-state index is 10.8. The number of hydrogen-bond acceptors (Lipinski definition) is 3. The quantitative estimate of drug-likeness (QED) is 0.268. The second kappa shape index (κ2) is 8.37. The van der Waals surface area contributed by atoms with Crippen LogP contribution in [0.25, 0.3) is 0 Å². The molecule has 5 N–H and O–H groups in total. The summed E-state index contributed by atoms with van der Waals surface area (Å²) in [6.45, 7) is 4.32. The Bertz CT molecular complexity index is 291. The maximum Gasteiger partial charge on any atom is 0.326 e. The van der Waals surface area contributed by atoms with E-state index in [0.717, 1.165) is 0 Å². The van der Waals surface area contributed by atoms with Crippen LogP contribution in [0.2, 0.25) is 0 Å². The first kappa shape index (κ1) is 15.2. The number of aliphatic carboxylic acids is 1. The van der Waals surface area contributed by atoms with Gasteiger partial charge in [0, 0.05) is 20.0 Å². The second-order valence-electron chi connectivity index (χ2n) is 3.53. The zero-order chi connectivity index (χ0) is 13.3. The molecular formula is C10H20N4O3. The molecule has 0 rings (SSSR count). The summed E-state index contributed by atoms with van der Waals surface area (Å²) < 4.78 is 0. The van der Waals surface area contributed by atoms with Crippen LogP contribution in [0, 0.1) is 0 Å². The molecule has 98 valence electrons. The van der Waals surface area contributed by atoms with E-state index in [1.54, 1.807) is 0 Å². The summed E-state index contributed by atoms with van der Waals surface area (Å²) in [5.74, 6) is -1.05. The van der Waals surface area contributed by atoms with Gasteiger partial charge in [0.25, 0.3) is 0 Å². The van der Waals surface area contributed by atoms with Gasteiger partial charge in [-0.2, -0.15) is 0 Å². The van der Waals surface area contributed by atoms with Crippen molar-refractivity contribution in [3.05, 3.63) is 0 Å². The number of carboxylic acids is 1. The third-order valence-electron chi connectivity index (χ3n) is 1.97. The van der Waals surface area contributed by atoms with Crippen LogP contribution in [0.15, 0.2) is 4.99 Å². The van der Waals surface area contributed by atoms with Gasteiger partial charge in [0.05, 0.1) is 0 Å². The van der Waals surface area contributed by atoms with Crippen LogP contribution < -0.4 is 16.4 Å². The van der Waals surface area contributed by atoms with Crippen molar-refractivity contribution in [3.8, 4) is 0 Å². The Morgan fingerprint density at radius 2 is 2.12 bits per heavy atom. The Balaban J connectivity index is 3.94. The van der Waals surface area contributed by atoms with Crippen LogP contribution in [0.1, 0.15) is 26.7 Å². The molecule has 7 heteroatoms. The molecule has 0 aromatic carbocycles. The summed E-state index contributed by atoms with van der Waals surface area (Å²) in [4.78, 5) is 25.5. The lowest BCUT2D eigenvalue weighted by molar-refractivity contribution is -0.141. The van der Waals surface area contributed by atoms with Crippen LogP contribution >= 0.6 is 0 Å². The van der Waals surface area contributed by atoms with E-state index in [0.29, 0.717) is 31.9 Å². The Morgan fingerprint density at radius 1 is 1.47 bits per heavy atom. The molecule has 0 bridgehead atoms. The van der Waals surface area contributed by atoms with E-state index >= 15 is 0 Å². The molecule has 7 nitrogen and oxygen atoms in total. The van der Waals surface area contributed by atoms with E-state index in [4.69, 9.17) is 10.8 Å². The largest absolute Gasteiger partial charge is 0.480 e. The number of guanidine groups is 1. The van der Waals surface area contributed by atoms with Crippen LogP contribution in [0.4, 0.5) is 0 Å². The van der Waals surface area contributed by atoms with E-state index < -0.39 is 12.0 Å². The monoisotopic (exact) mass is 244 g/mol. The van der Waals surface area contributed by atoms with E-state index in [1.807, 2.05) is 6.92 Å². The van der Waals surface area contributed by atoms with Gasteiger partial charge in [0.2, 0.25) is 5.91 Å². The fourth-order valence-corrected chi connectivity index (χ4v) is 1.23. The van der Waals surface area contributed by atoms with E-state index in [9.17, 15) is 9.59 Å². The fraction of sp³-hybridized carbons (Fsp3) is 0.700. The van der Waals surface area contributed by atoms with Crippen molar-refractivity contribution in [3.63, 3.8) is 0 Å². The highest BCUT2D eigenvalue weighted by Crippen LogP contribution is 1.98. The summed E-state index contributed by atoms with van der Waals surface area (Å²) in [5, 5.41) is 14.0. The van der Waals surface area contributed by atoms with Crippen LogP contribution in [-0.4, -0.2) is 42.1 Å². The smallest absolute Gasteiger partial charge is 0.326 e. The highest BCUT2D eigenvalue weighted by Gasteiger charge is 2.17. The predicted molar refractivity (Wildman–Crippen MR) is 64.6 cm³/mol. The van der Waals surface area contributed by atoms with Gasteiger partial charge >= 0.3 is 5.97 Å². The third-order valence-corrected chi connectivity index (χ3v) is 1.97. The summed E-state index contributed by atoms with van der Waals surface area (Å²) >= 11 is 0. The molecule has 0 aromatic heterocycles. The van der Waals surface area contributed by atoms with Crippen LogP contribution in [0.5, 0.6) is 0 Å². The Morgan fingerprint density at radius 3 is 2.59 bits per heavy atom. The molecule has 0 fully saturated rings. The van der Waals surface area contributed by atoms with Gasteiger partial charge < -0.3 is 21.5 Å². The molecule has 17 heavy (non-hydrogen) atoms. The number of carbonyl (C=O) groups excluding carboxylic acids is 1. The van der Waals surface area contributed by atoms with Gasteiger partial charge in [0.1, 0.15) is 6.04 Å². The normalized spacial score (nSPS) is 12.9. The molecule has 0 aliphatic heterocycles. The molecule has 1 atom stereocenters. The topological polar surface area (TPSA) is 117 Å². The molecule has 0 saturated heterocycles. The van der Waals surface area contributed by atoms with Gasteiger partial charge in [-0.05, 0) is 19.8 Å². The van der Waals surface area contributed by atoms with Crippen LogP contribution in [0.3, 0.4) is 0 Å². The number of rotatable bonds is 7. The van der Waals surface area contributed by atoms with Crippen LogP contribution in [-0.2, 0) is 9.59 Å². The lowest BCUT2D eigenvalue weighted by atomic mass is 10.1. The third kappa shape index (κ3) is 8.06. The highest BCUT2D eigenvalue weighted by atomic mass is 16.4. The molecule has 0 radical (unpaired) electrons. The van der Waals surface area contributed by atoms with Crippen molar-refractivity contribution < 1.29 is 14.7 Å². The SMILES string of the molecule is CCNC(N)=NCCC[C@H](NC(C)=O)C(=O)O. The summed E-state index contributed by atoms with van der Waals surface area (Å²) in [6.07, 6.45) is 0.876. The number of carbonyl (C=O) groups is 2. The zero-order valence-corrected chi connectivity index (χ0v) is 10.2. The first-order chi connectivity index (χ1) is 7.97. The maximum absolute atomic E-state index is 10.8. The number of nitrogens with one attached hydrogen (secondary N) is 2. The number of hydrogen-bond donors (Lipinski definition) is 4. The van der Waals surface area contributed by atoms with E-state index in [-0.39, 0.29) is 5.91 Å². The van der Waals surface area contributed by atoms with Crippen molar-refractivity contribution in [1.82, 2.24) is 10.6 Å². The number of amides is 1. The molecule has 0 aliphatic rings.